The third-order valence-electron chi connectivity index (χ3n) is 2.77. The van der Waals surface area contributed by atoms with E-state index in [1.807, 2.05) is 0 Å². The number of benzene rings is 1. The standard InChI is InChI=1S/C14H13N5O2/c20-10-1-3-11(4-2-10)21-8-7-17-14-12-13(18-9-19-14)16-6-5-15-12/h1-6,9,20H,7-8H2,(H,16,17,18,19). The van der Waals surface area contributed by atoms with Gasteiger partial charge in [-0.15, -0.1) is 0 Å². The molecule has 0 aliphatic rings. The van der Waals surface area contributed by atoms with Gasteiger partial charge in [-0.25, -0.2) is 19.9 Å². The lowest BCUT2D eigenvalue weighted by atomic mass is 10.3. The van der Waals surface area contributed by atoms with Crippen molar-refractivity contribution in [1.82, 2.24) is 19.9 Å². The number of aromatic hydroxyl groups is 1. The summed E-state index contributed by atoms with van der Waals surface area (Å²) in [7, 11) is 0. The molecule has 1 aromatic carbocycles. The minimum absolute atomic E-state index is 0.214. The Morgan fingerprint density at radius 1 is 1.00 bits per heavy atom. The Hall–Kier alpha value is -2.96. The van der Waals surface area contributed by atoms with Crippen LogP contribution in [-0.4, -0.2) is 38.2 Å². The van der Waals surface area contributed by atoms with E-state index in [4.69, 9.17) is 4.74 Å². The van der Waals surface area contributed by atoms with Crippen molar-refractivity contribution < 1.29 is 9.84 Å². The fraction of sp³-hybridized carbons (Fsp3) is 0.143. The van der Waals surface area contributed by atoms with E-state index >= 15 is 0 Å². The third kappa shape index (κ3) is 3.14. The third-order valence-corrected chi connectivity index (χ3v) is 2.77. The molecule has 0 amide bonds. The minimum Gasteiger partial charge on any atom is -0.508 e. The number of phenols is 1. The van der Waals surface area contributed by atoms with Crippen molar-refractivity contribution in [1.29, 1.82) is 0 Å². The Morgan fingerprint density at radius 2 is 1.81 bits per heavy atom. The highest BCUT2D eigenvalue weighted by Crippen LogP contribution is 2.16. The Labute approximate surface area is 120 Å². The van der Waals surface area contributed by atoms with Gasteiger partial charge in [0.15, 0.2) is 11.5 Å². The summed E-state index contributed by atoms with van der Waals surface area (Å²) in [5, 5.41) is 12.3. The number of rotatable bonds is 5. The maximum absolute atomic E-state index is 9.18. The van der Waals surface area contributed by atoms with Gasteiger partial charge in [-0.3, -0.25) is 0 Å². The Balaban J connectivity index is 1.58. The highest BCUT2D eigenvalue weighted by atomic mass is 16.5. The topological polar surface area (TPSA) is 93.1 Å². The first-order valence-corrected chi connectivity index (χ1v) is 6.40. The second-order valence-corrected chi connectivity index (χ2v) is 4.22. The number of anilines is 1. The zero-order valence-electron chi connectivity index (χ0n) is 11.1. The van der Waals surface area contributed by atoms with Gasteiger partial charge in [0.2, 0.25) is 0 Å². The molecule has 0 aliphatic carbocycles. The summed E-state index contributed by atoms with van der Waals surface area (Å²) in [6, 6.07) is 6.58. The molecule has 0 saturated carbocycles. The van der Waals surface area contributed by atoms with Crippen LogP contribution >= 0.6 is 0 Å². The molecule has 0 bridgehead atoms. The van der Waals surface area contributed by atoms with Gasteiger partial charge in [0.05, 0.1) is 6.54 Å². The Morgan fingerprint density at radius 3 is 2.67 bits per heavy atom. The average molecular weight is 283 g/mol. The van der Waals surface area contributed by atoms with E-state index in [0.717, 1.165) is 0 Å². The molecule has 0 aliphatic heterocycles. The lowest BCUT2D eigenvalue weighted by Gasteiger charge is -2.08. The van der Waals surface area contributed by atoms with E-state index in [0.29, 0.717) is 35.9 Å². The number of aromatic nitrogens is 4. The van der Waals surface area contributed by atoms with Gasteiger partial charge in [-0.05, 0) is 24.3 Å². The summed E-state index contributed by atoms with van der Waals surface area (Å²) in [5.41, 5.74) is 1.18. The van der Waals surface area contributed by atoms with Crippen LogP contribution in [0.4, 0.5) is 5.82 Å². The molecule has 0 unspecified atom stereocenters. The van der Waals surface area contributed by atoms with E-state index in [2.05, 4.69) is 25.3 Å². The number of ether oxygens (including phenoxy) is 1. The molecule has 0 fully saturated rings. The lowest BCUT2D eigenvalue weighted by molar-refractivity contribution is 0.332. The monoisotopic (exact) mass is 283 g/mol. The zero-order valence-corrected chi connectivity index (χ0v) is 11.1. The molecular weight excluding hydrogens is 270 g/mol. The maximum Gasteiger partial charge on any atom is 0.183 e. The molecule has 3 rings (SSSR count). The highest BCUT2D eigenvalue weighted by molar-refractivity contribution is 5.81. The normalized spacial score (nSPS) is 10.5. The van der Waals surface area contributed by atoms with Gasteiger partial charge in [0.25, 0.3) is 0 Å². The van der Waals surface area contributed by atoms with E-state index < -0.39 is 0 Å². The molecule has 2 aromatic heterocycles. The van der Waals surface area contributed by atoms with Gasteiger partial charge in [-0.2, -0.15) is 0 Å². The van der Waals surface area contributed by atoms with Crippen molar-refractivity contribution in [3.63, 3.8) is 0 Å². The SMILES string of the molecule is Oc1ccc(OCCNc2ncnc3nccnc23)cc1. The number of nitrogens with one attached hydrogen (secondary N) is 1. The highest BCUT2D eigenvalue weighted by Gasteiger charge is 2.04. The zero-order chi connectivity index (χ0) is 14.5. The van der Waals surface area contributed by atoms with Crippen molar-refractivity contribution in [2.75, 3.05) is 18.5 Å². The number of fused-ring (bicyclic) bond motifs is 1. The van der Waals surface area contributed by atoms with E-state index in [-0.39, 0.29) is 5.75 Å². The predicted octanol–water partition coefficient (Wildman–Crippen LogP) is 1.62. The smallest absolute Gasteiger partial charge is 0.183 e. The van der Waals surface area contributed by atoms with Crippen LogP contribution in [0.3, 0.4) is 0 Å². The summed E-state index contributed by atoms with van der Waals surface area (Å²) in [5.74, 6) is 1.54. The largest absolute Gasteiger partial charge is 0.508 e. The molecule has 0 radical (unpaired) electrons. The fourth-order valence-electron chi connectivity index (χ4n) is 1.80. The molecule has 106 valence electrons. The van der Waals surface area contributed by atoms with Crippen molar-refractivity contribution in [3.8, 4) is 11.5 Å². The molecule has 7 nitrogen and oxygen atoms in total. The van der Waals surface area contributed by atoms with Crippen LogP contribution in [0.1, 0.15) is 0 Å². The van der Waals surface area contributed by atoms with Gasteiger partial charge in [0, 0.05) is 12.4 Å². The summed E-state index contributed by atoms with van der Waals surface area (Å²) in [6.45, 7) is 1.01. The minimum atomic E-state index is 0.214. The van der Waals surface area contributed by atoms with Crippen LogP contribution in [0.2, 0.25) is 0 Å². The van der Waals surface area contributed by atoms with Crippen LogP contribution in [0.25, 0.3) is 11.2 Å². The van der Waals surface area contributed by atoms with Gasteiger partial charge in [-0.1, -0.05) is 0 Å². The Kier molecular flexibility index (Phi) is 3.72. The van der Waals surface area contributed by atoms with Gasteiger partial charge < -0.3 is 15.2 Å². The summed E-state index contributed by atoms with van der Waals surface area (Å²) in [6.07, 6.45) is 4.64. The first kappa shape index (κ1) is 13.0. The molecule has 3 aromatic rings. The molecule has 0 atom stereocenters. The average Bonchev–Trinajstić information content (AvgIpc) is 2.53. The number of hydrogen-bond acceptors (Lipinski definition) is 7. The van der Waals surface area contributed by atoms with Crippen molar-refractivity contribution in [2.45, 2.75) is 0 Å². The van der Waals surface area contributed by atoms with Gasteiger partial charge >= 0.3 is 0 Å². The van der Waals surface area contributed by atoms with E-state index in [9.17, 15) is 5.11 Å². The molecule has 2 heterocycles. The molecule has 21 heavy (non-hydrogen) atoms. The van der Waals surface area contributed by atoms with Crippen LogP contribution in [-0.2, 0) is 0 Å². The fourth-order valence-corrected chi connectivity index (χ4v) is 1.80. The van der Waals surface area contributed by atoms with Crippen LogP contribution in [0.15, 0.2) is 43.0 Å². The first-order chi connectivity index (χ1) is 10.3. The summed E-state index contributed by atoms with van der Waals surface area (Å²) < 4.78 is 5.54. The summed E-state index contributed by atoms with van der Waals surface area (Å²) >= 11 is 0. The predicted molar refractivity (Wildman–Crippen MR) is 77.2 cm³/mol. The summed E-state index contributed by atoms with van der Waals surface area (Å²) in [4.78, 5) is 16.5. The van der Waals surface area contributed by atoms with Crippen molar-refractivity contribution >= 4 is 17.0 Å². The molecule has 7 heteroatoms. The second kappa shape index (κ2) is 6.00. The maximum atomic E-state index is 9.18. The molecule has 2 N–H and O–H groups in total. The number of nitrogens with zero attached hydrogens (tertiary/aromatic N) is 4. The molecule has 0 spiro atoms. The first-order valence-electron chi connectivity index (χ1n) is 6.40. The second-order valence-electron chi connectivity index (χ2n) is 4.22. The molecule has 0 saturated heterocycles. The van der Waals surface area contributed by atoms with Crippen LogP contribution in [0, 0.1) is 0 Å². The van der Waals surface area contributed by atoms with Crippen LogP contribution < -0.4 is 10.1 Å². The van der Waals surface area contributed by atoms with E-state index in [1.165, 1.54) is 6.33 Å². The number of phenolic OH excluding ortho intramolecular Hbond substituents is 1. The number of hydrogen-bond donors (Lipinski definition) is 2. The molecular formula is C14H13N5O2. The van der Waals surface area contributed by atoms with Crippen molar-refractivity contribution in [3.05, 3.63) is 43.0 Å². The van der Waals surface area contributed by atoms with Crippen LogP contribution in [0.5, 0.6) is 11.5 Å². The lowest BCUT2D eigenvalue weighted by Crippen LogP contribution is -2.13. The van der Waals surface area contributed by atoms with E-state index in [1.54, 1.807) is 36.7 Å². The van der Waals surface area contributed by atoms with Crippen molar-refractivity contribution in [2.24, 2.45) is 0 Å². The Bertz CT molecular complexity index is 728. The van der Waals surface area contributed by atoms with Gasteiger partial charge in [0.1, 0.15) is 29.9 Å². The quantitative estimate of drug-likeness (QED) is 0.687.